The molecule has 19 heavy (non-hydrogen) atoms. The molecule has 2 aromatic rings. The fraction of sp³-hybridized carbons (Fsp3) is 0.214. The van der Waals surface area contributed by atoms with Crippen LogP contribution in [0.5, 0.6) is 0 Å². The highest BCUT2D eigenvalue weighted by atomic mass is 35.5. The quantitative estimate of drug-likeness (QED) is 0.785. The van der Waals surface area contributed by atoms with Gasteiger partial charge in [0.15, 0.2) is 0 Å². The van der Waals surface area contributed by atoms with E-state index in [2.05, 4.69) is 4.98 Å². The number of alkyl halides is 1. The summed E-state index contributed by atoms with van der Waals surface area (Å²) in [7, 11) is 1.89. The smallest absolute Gasteiger partial charge is 0.141 e. The number of hydrogen-bond donors (Lipinski definition) is 0. The SMILES string of the molecule is CN(Cc1ccc(Cl)cc1)c1ncc(F)cc1CCl. The Labute approximate surface area is 121 Å². The number of rotatable bonds is 4. The van der Waals surface area contributed by atoms with Crippen LogP contribution in [0.25, 0.3) is 0 Å². The Bertz CT molecular complexity index is 558. The van der Waals surface area contributed by atoms with E-state index in [1.807, 2.05) is 36.2 Å². The van der Waals surface area contributed by atoms with Crippen LogP contribution in [-0.4, -0.2) is 12.0 Å². The third-order valence-electron chi connectivity index (χ3n) is 2.75. The summed E-state index contributed by atoms with van der Waals surface area (Å²) in [6.07, 6.45) is 1.20. The Kier molecular flexibility index (Phi) is 4.61. The monoisotopic (exact) mass is 298 g/mol. The van der Waals surface area contributed by atoms with Crippen molar-refractivity contribution < 1.29 is 4.39 Å². The van der Waals surface area contributed by atoms with Gasteiger partial charge in [0.25, 0.3) is 0 Å². The van der Waals surface area contributed by atoms with Gasteiger partial charge in [0.2, 0.25) is 0 Å². The van der Waals surface area contributed by atoms with Gasteiger partial charge in [-0.2, -0.15) is 0 Å². The third-order valence-corrected chi connectivity index (χ3v) is 3.29. The Balaban J connectivity index is 2.19. The molecule has 1 aromatic carbocycles. The molecule has 0 radical (unpaired) electrons. The summed E-state index contributed by atoms with van der Waals surface area (Å²) in [5, 5.41) is 0.702. The first kappa shape index (κ1) is 14.1. The van der Waals surface area contributed by atoms with E-state index in [0.717, 1.165) is 5.56 Å². The van der Waals surface area contributed by atoms with Crippen molar-refractivity contribution in [1.29, 1.82) is 0 Å². The maximum absolute atomic E-state index is 13.1. The molecule has 1 heterocycles. The molecule has 0 spiro atoms. The predicted molar refractivity (Wildman–Crippen MR) is 77.3 cm³/mol. The lowest BCUT2D eigenvalue weighted by atomic mass is 10.2. The Morgan fingerprint density at radius 1 is 1.26 bits per heavy atom. The maximum atomic E-state index is 13.1. The van der Waals surface area contributed by atoms with Crippen molar-refractivity contribution in [2.24, 2.45) is 0 Å². The van der Waals surface area contributed by atoms with Crippen molar-refractivity contribution >= 4 is 29.0 Å². The van der Waals surface area contributed by atoms with Gasteiger partial charge in [-0.1, -0.05) is 23.7 Å². The molecular formula is C14H13Cl2FN2. The average molecular weight is 299 g/mol. The molecule has 5 heteroatoms. The molecule has 0 saturated heterocycles. The van der Waals surface area contributed by atoms with Gasteiger partial charge in [-0.15, -0.1) is 11.6 Å². The van der Waals surface area contributed by atoms with Crippen LogP contribution in [-0.2, 0) is 12.4 Å². The minimum Gasteiger partial charge on any atom is -0.355 e. The van der Waals surface area contributed by atoms with Gasteiger partial charge in [0.1, 0.15) is 11.6 Å². The van der Waals surface area contributed by atoms with Crippen molar-refractivity contribution in [1.82, 2.24) is 4.98 Å². The molecule has 0 atom stereocenters. The van der Waals surface area contributed by atoms with E-state index in [4.69, 9.17) is 23.2 Å². The molecule has 0 aliphatic heterocycles. The zero-order chi connectivity index (χ0) is 13.8. The van der Waals surface area contributed by atoms with Crippen LogP contribution >= 0.6 is 23.2 Å². The second-order valence-electron chi connectivity index (χ2n) is 4.25. The van der Waals surface area contributed by atoms with Crippen LogP contribution in [0, 0.1) is 5.82 Å². The largest absolute Gasteiger partial charge is 0.355 e. The second kappa shape index (κ2) is 6.22. The van der Waals surface area contributed by atoms with Gasteiger partial charge < -0.3 is 4.90 Å². The summed E-state index contributed by atoms with van der Waals surface area (Å²) in [6, 6.07) is 8.98. The lowest BCUT2D eigenvalue weighted by molar-refractivity contribution is 0.619. The van der Waals surface area contributed by atoms with Gasteiger partial charge in [-0.25, -0.2) is 9.37 Å². The topological polar surface area (TPSA) is 16.1 Å². The van der Waals surface area contributed by atoms with Crippen molar-refractivity contribution in [3.63, 3.8) is 0 Å². The van der Waals surface area contributed by atoms with Crippen LogP contribution in [0.2, 0.25) is 5.02 Å². The number of pyridine rings is 1. The lowest BCUT2D eigenvalue weighted by Crippen LogP contribution is -2.19. The summed E-state index contributed by atoms with van der Waals surface area (Å²) in [5.41, 5.74) is 1.77. The number of halogens is 3. The molecule has 0 amide bonds. The van der Waals surface area contributed by atoms with Crippen LogP contribution in [0.15, 0.2) is 36.5 Å². The molecule has 0 aliphatic rings. The Hall–Kier alpha value is -1.32. The highest BCUT2D eigenvalue weighted by Gasteiger charge is 2.10. The normalized spacial score (nSPS) is 10.5. The molecule has 100 valence electrons. The second-order valence-corrected chi connectivity index (χ2v) is 4.96. The minimum atomic E-state index is -0.376. The molecule has 1 aromatic heterocycles. The highest BCUT2D eigenvalue weighted by molar-refractivity contribution is 6.30. The van der Waals surface area contributed by atoms with E-state index in [0.29, 0.717) is 22.9 Å². The molecule has 0 unspecified atom stereocenters. The fourth-order valence-electron chi connectivity index (χ4n) is 1.85. The molecule has 0 aliphatic carbocycles. The van der Waals surface area contributed by atoms with E-state index in [9.17, 15) is 4.39 Å². The molecule has 0 N–H and O–H groups in total. The van der Waals surface area contributed by atoms with Crippen molar-refractivity contribution in [3.05, 3.63) is 58.5 Å². The molecule has 2 nitrogen and oxygen atoms in total. The van der Waals surface area contributed by atoms with Crippen LogP contribution in [0.3, 0.4) is 0 Å². The first-order chi connectivity index (χ1) is 9.10. The molecule has 0 bridgehead atoms. The molecule has 0 saturated carbocycles. The van der Waals surface area contributed by atoms with Crippen LogP contribution in [0.4, 0.5) is 10.2 Å². The zero-order valence-corrected chi connectivity index (χ0v) is 11.9. The predicted octanol–water partition coefficient (Wildman–Crippen LogP) is 4.25. The van der Waals surface area contributed by atoms with Gasteiger partial charge in [-0.05, 0) is 23.8 Å². The first-order valence-corrected chi connectivity index (χ1v) is 6.67. The molecular weight excluding hydrogens is 286 g/mol. The average Bonchev–Trinajstić information content (AvgIpc) is 2.41. The summed E-state index contributed by atoms with van der Waals surface area (Å²) >= 11 is 11.7. The van der Waals surface area contributed by atoms with Gasteiger partial charge in [0.05, 0.1) is 12.1 Å². The summed E-state index contributed by atoms with van der Waals surface area (Å²) < 4.78 is 13.1. The summed E-state index contributed by atoms with van der Waals surface area (Å²) in [4.78, 5) is 6.03. The molecule has 0 fully saturated rings. The van der Waals surface area contributed by atoms with Crippen molar-refractivity contribution in [3.8, 4) is 0 Å². The van der Waals surface area contributed by atoms with E-state index in [1.165, 1.54) is 12.3 Å². The van der Waals surface area contributed by atoms with E-state index in [1.54, 1.807) is 0 Å². The fourth-order valence-corrected chi connectivity index (χ4v) is 2.18. The van der Waals surface area contributed by atoms with E-state index < -0.39 is 0 Å². The number of hydrogen-bond acceptors (Lipinski definition) is 2. The van der Waals surface area contributed by atoms with Gasteiger partial charge in [-0.3, -0.25) is 0 Å². The summed E-state index contributed by atoms with van der Waals surface area (Å²) in [5.74, 6) is 0.538. The number of nitrogens with zero attached hydrogens (tertiary/aromatic N) is 2. The number of anilines is 1. The van der Waals surface area contributed by atoms with Gasteiger partial charge in [0, 0.05) is 24.2 Å². The Morgan fingerprint density at radius 2 is 1.95 bits per heavy atom. The third kappa shape index (κ3) is 3.58. The number of benzene rings is 1. The van der Waals surface area contributed by atoms with Crippen molar-refractivity contribution in [2.45, 2.75) is 12.4 Å². The standard InChI is InChI=1S/C14H13Cl2FN2/c1-19(9-10-2-4-12(16)5-3-10)14-11(7-15)6-13(17)8-18-14/h2-6,8H,7,9H2,1H3. The van der Waals surface area contributed by atoms with Gasteiger partial charge >= 0.3 is 0 Å². The van der Waals surface area contributed by atoms with E-state index in [-0.39, 0.29) is 11.7 Å². The number of aromatic nitrogens is 1. The Morgan fingerprint density at radius 3 is 2.58 bits per heavy atom. The van der Waals surface area contributed by atoms with Crippen LogP contribution < -0.4 is 4.90 Å². The maximum Gasteiger partial charge on any atom is 0.141 e. The highest BCUT2D eigenvalue weighted by Crippen LogP contribution is 2.21. The van der Waals surface area contributed by atoms with Crippen molar-refractivity contribution in [2.75, 3.05) is 11.9 Å². The molecule has 2 rings (SSSR count). The van der Waals surface area contributed by atoms with E-state index >= 15 is 0 Å². The first-order valence-electron chi connectivity index (χ1n) is 5.76. The lowest BCUT2D eigenvalue weighted by Gasteiger charge is -2.20. The minimum absolute atomic E-state index is 0.227. The van der Waals surface area contributed by atoms with Crippen LogP contribution in [0.1, 0.15) is 11.1 Å². The summed E-state index contributed by atoms with van der Waals surface area (Å²) in [6.45, 7) is 0.652. The zero-order valence-electron chi connectivity index (χ0n) is 10.4.